The molecule has 2 unspecified atom stereocenters. The summed E-state index contributed by atoms with van der Waals surface area (Å²) in [4.78, 5) is 0. The maximum atomic E-state index is 5.97. The van der Waals surface area contributed by atoms with Crippen molar-refractivity contribution in [2.24, 2.45) is 11.7 Å². The first kappa shape index (κ1) is 10.3. The molecule has 0 spiro atoms. The zero-order chi connectivity index (χ0) is 9.84. The summed E-state index contributed by atoms with van der Waals surface area (Å²) < 4.78 is 0. The van der Waals surface area contributed by atoms with E-state index in [0.29, 0.717) is 11.8 Å². The fourth-order valence-corrected chi connectivity index (χ4v) is 1.97. The Morgan fingerprint density at radius 2 is 1.54 bits per heavy atom. The van der Waals surface area contributed by atoms with E-state index in [9.17, 15) is 0 Å². The molecule has 1 rings (SSSR count). The van der Waals surface area contributed by atoms with Gasteiger partial charge in [0.05, 0.1) is 0 Å². The highest BCUT2D eigenvalue weighted by molar-refractivity contribution is 5.21. The third-order valence-electron chi connectivity index (χ3n) is 2.47. The topological polar surface area (TPSA) is 26.0 Å². The van der Waals surface area contributed by atoms with Crippen molar-refractivity contribution in [2.45, 2.75) is 32.7 Å². The van der Waals surface area contributed by atoms with Crippen LogP contribution in [0.25, 0.3) is 0 Å². The maximum absolute atomic E-state index is 5.97. The van der Waals surface area contributed by atoms with Crippen LogP contribution in [0.15, 0.2) is 30.3 Å². The molecule has 1 heteroatoms. The molecular formula is C12H19N. The van der Waals surface area contributed by atoms with Crippen molar-refractivity contribution in [2.75, 3.05) is 0 Å². The number of hydrogen-bond donors (Lipinski definition) is 1. The summed E-state index contributed by atoms with van der Waals surface area (Å²) in [5.74, 6) is 1.07. The number of rotatable bonds is 3. The van der Waals surface area contributed by atoms with E-state index >= 15 is 0 Å². The quantitative estimate of drug-likeness (QED) is 0.755. The molecule has 0 aliphatic rings. The van der Waals surface area contributed by atoms with Gasteiger partial charge in [-0.1, -0.05) is 44.2 Å². The highest BCUT2D eigenvalue weighted by Crippen LogP contribution is 2.26. The van der Waals surface area contributed by atoms with E-state index in [1.807, 2.05) is 6.07 Å². The Balaban J connectivity index is 2.89. The second-order valence-electron chi connectivity index (χ2n) is 4.04. The van der Waals surface area contributed by atoms with Gasteiger partial charge in [0.15, 0.2) is 0 Å². The summed E-state index contributed by atoms with van der Waals surface area (Å²) in [5.41, 5.74) is 7.32. The predicted octanol–water partition coefficient (Wildman–Crippen LogP) is 2.77. The fourth-order valence-electron chi connectivity index (χ4n) is 1.97. The van der Waals surface area contributed by atoms with Gasteiger partial charge in [-0.25, -0.2) is 0 Å². The lowest BCUT2D eigenvalue weighted by Gasteiger charge is -2.24. The van der Waals surface area contributed by atoms with Crippen LogP contribution in [0.1, 0.15) is 32.3 Å². The van der Waals surface area contributed by atoms with E-state index in [4.69, 9.17) is 5.73 Å². The van der Waals surface area contributed by atoms with Crippen molar-refractivity contribution < 1.29 is 0 Å². The SMILES string of the molecule is CC(C)C(c1ccccc1)C(C)N. The first-order valence-electron chi connectivity index (χ1n) is 4.93. The van der Waals surface area contributed by atoms with Crippen molar-refractivity contribution in [1.82, 2.24) is 0 Å². The molecule has 0 aliphatic heterocycles. The summed E-state index contributed by atoms with van der Waals surface area (Å²) >= 11 is 0. The van der Waals surface area contributed by atoms with Crippen molar-refractivity contribution >= 4 is 0 Å². The van der Waals surface area contributed by atoms with Crippen LogP contribution in [0.5, 0.6) is 0 Å². The Hall–Kier alpha value is -0.820. The molecular weight excluding hydrogens is 158 g/mol. The van der Waals surface area contributed by atoms with Gasteiger partial charge in [0, 0.05) is 12.0 Å². The van der Waals surface area contributed by atoms with Gasteiger partial charge in [-0.05, 0) is 18.4 Å². The number of nitrogens with two attached hydrogens (primary N) is 1. The van der Waals surface area contributed by atoms with Gasteiger partial charge in [0.25, 0.3) is 0 Å². The minimum atomic E-state index is 0.224. The largest absolute Gasteiger partial charge is 0.327 e. The molecule has 0 radical (unpaired) electrons. The smallest absolute Gasteiger partial charge is 0.00817 e. The molecule has 1 nitrogen and oxygen atoms in total. The molecule has 1 aromatic carbocycles. The monoisotopic (exact) mass is 177 g/mol. The van der Waals surface area contributed by atoms with Crippen molar-refractivity contribution in [3.8, 4) is 0 Å². The lowest BCUT2D eigenvalue weighted by atomic mass is 9.84. The lowest BCUT2D eigenvalue weighted by Crippen LogP contribution is -2.28. The van der Waals surface area contributed by atoms with Gasteiger partial charge in [0.2, 0.25) is 0 Å². The Morgan fingerprint density at radius 1 is 1.00 bits per heavy atom. The molecule has 72 valence electrons. The van der Waals surface area contributed by atoms with Crippen molar-refractivity contribution in [1.29, 1.82) is 0 Å². The minimum absolute atomic E-state index is 0.224. The van der Waals surface area contributed by atoms with Crippen LogP contribution in [-0.4, -0.2) is 6.04 Å². The minimum Gasteiger partial charge on any atom is -0.327 e. The average Bonchev–Trinajstić information content (AvgIpc) is 2.04. The van der Waals surface area contributed by atoms with E-state index in [1.54, 1.807) is 0 Å². The molecule has 0 heterocycles. The van der Waals surface area contributed by atoms with Crippen LogP contribution >= 0.6 is 0 Å². The molecule has 2 atom stereocenters. The van der Waals surface area contributed by atoms with Crippen LogP contribution < -0.4 is 5.73 Å². The average molecular weight is 177 g/mol. The first-order chi connectivity index (χ1) is 6.13. The second kappa shape index (κ2) is 4.43. The normalized spacial score (nSPS) is 15.8. The summed E-state index contributed by atoms with van der Waals surface area (Å²) in [6.45, 7) is 6.53. The molecule has 0 bridgehead atoms. The van der Waals surface area contributed by atoms with Crippen LogP contribution in [0.3, 0.4) is 0 Å². The highest BCUT2D eigenvalue weighted by Gasteiger charge is 2.19. The number of hydrogen-bond acceptors (Lipinski definition) is 1. The number of benzene rings is 1. The van der Waals surface area contributed by atoms with E-state index in [2.05, 4.69) is 45.0 Å². The van der Waals surface area contributed by atoms with Crippen LogP contribution in [0, 0.1) is 5.92 Å². The van der Waals surface area contributed by atoms with E-state index in [0.717, 1.165) is 0 Å². The van der Waals surface area contributed by atoms with Gasteiger partial charge in [-0.3, -0.25) is 0 Å². The molecule has 0 aliphatic carbocycles. The molecule has 0 aromatic heterocycles. The second-order valence-corrected chi connectivity index (χ2v) is 4.04. The predicted molar refractivity (Wildman–Crippen MR) is 57.7 cm³/mol. The first-order valence-corrected chi connectivity index (χ1v) is 4.93. The Morgan fingerprint density at radius 3 is 1.92 bits per heavy atom. The summed E-state index contributed by atoms with van der Waals surface area (Å²) in [5, 5.41) is 0. The summed E-state index contributed by atoms with van der Waals surface area (Å²) in [6, 6.07) is 10.7. The lowest BCUT2D eigenvalue weighted by molar-refractivity contribution is 0.436. The van der Waals surface area contributed by atoms with Gasteiger partial charge in [-0.15, -0.1) is 0 Å². The van der Waals surface area contributed by atoms with Crippen LogP contribution in [-0.2, 0) is 0 Å². The van der Waals surface area contributed by atoms with Crippen LogP contribution in [0.2, 0.25) is 0 Å². The third kappa shape index (κ3) is 2.56. The third-order valence-corrected chi connectivity index (χ3v) is 2.47. The zero-order valence-electron chi connectivity index (χ0n) is 8.70. The summed E-state index contributed by atoms with van der Waals surface area (Å²) in [7, 11) is 0. The van der Waals surface area contributed by atoms with E-state index in [1.165, 1.54) is 5.56 Å². The van der Waals surface area contributed by atoms with E-state index in [-0.39, 0.29) is 6.04 Å². The fraction of sp³-hybridized carbons (Fsp3) is 0.500. The van der Waals surface area contributed by atoms with Gasteiger partial charge in [0.1, 0.15) is 0 Å². The van der Waals surface area contributed by atoms with Gasteiger partial charge >= 0.3 is 0 Å². The summed E-state index contributed by atoms with van der Waals surface area (Å²) in [6.07, 6.45) is 0. The van der Waals surface area contributed by atoms with Crippen LogP contribution in [0.4, 0.5) is 0 Å². The highest BCUT2D eigenvalue weighted by atomic mass is 14.6. The van der Waals surface area contributed by atoms with E-state index < -0.39 is 0 Å². The van der Waals surface area contributed by atoms with Gasteiger partial charge in [-0.2, -0.15) is 0 Å². The molecule has 0 saturated carbocycles. The molecule has 13 heavy (non-hydrogen) atoms. The molecule has 1 aromatic rings. The van der Waals surface area contributed by atoms with Crippen molar-refractivity contribution in [3.05, 3.63) is 35.9 Å². The zero-order valence-corrected chi connectivity index (χ0v) is 8.70. The van der Waals surface area contributed by atoms with Gasteiger partial charge < -0.3 is 5.73 Å². The van der Waals surface area contributed by atoms with Crippen molar-refractivity contribution in [3.63, 3.8) is 0 Å². The standard InChI is InChI=1S/C12H19N/c1-9(2)12(10(3)13)11-7-5-4-6-8-11/h4-10,12H,13H2,1-3H3. The molecule has 0 saturated heterocycles. The Bertz CT molecular complexity index is 231. The molecule has 0 fully saturated rings. The maximum Gasteiger partial charge on any atom is 0.00817 e. The molecule has 2 N–H and O–H groups in total. The Labute approximate surface area is 81.0 Å². The molecule has 0 amide bonds. The Kier molecular flexibility index (Phi) is 3.49.